The molecule has 1 aromatic heterocycles. The summed E-state index contributed by atoms with van der Waals surface area (Å²) in [6.07, 6.45) is 3.68. The fraction of sp³-hybridized carbons (Fsp3) is 0.238. The molecule has 140 valence electrons. The van der Waals surface area contributed by atoms with Crippen LogP contribution in [0.5, 0.6) is 11.5 Å². The summed E-state index contributed by atoms with van der Waals surface area (Å²) in [7, 11) is 3.13. The molecule has 0 amide bonds. The number of carbonyl (C=O) groups excluding carboxylic acids is 1. The molecular formula is C21H22N2O3S. The second kappa shape index (κ2) is 8.31. The first-order valence-electron chi connectivity index (χ1n) is 8.52. The summed E-state index contributed by atoms with van der Waals surface area (Å²) in [5.74, 6) is 1.45. The number of aryl methyl sites for hydroxylation is 2. The number of benzene rings is 2. The Hall–Kier alpha value is -2.73. The summed E-state index contributed by atoms with van der Waals surface area (Å²) in [6, 6.07) is 11.5. The molecule has 0 aliphatic carbocycles. The van der Waals surface area contributed by atoms with Gasteiger partial charge in [0.05, 0.1) is 25.7 Å². The molecule has 0 aliphatic heterocycles. The van der Waals surface area contributed by atoms with Crippen LogP contribution in [0.3, 0.4) is 0 Å². The Morgan fingerprint density at radius 2 is 1.85 bits per heavy atom. The lowest BCUT2D eigenvalue weighted by Crippen LogP contribution is -2.05. The Morgan fingerprint density at radius 3 is 2.59 bits per heavy atom. The van der Waals surface area contributed by atoms with E-state index in [1.54, 1.807) is 38.6 Å². The fourth-order valence-corrected chi connectivity index (χ4v) is 3.64. The highest BCUT2D eigenvalue weighted by Gasteiger charge is 2.14. The van der Waals surface area contributed by atoms with Crippen molar-refractivity contribution in [3.8, 4) is 17.2 Å². The van der Waals surface area contributed by atoms with Gasteiger partial charge in [-0.15, -0.1) is 0 Å². The Bertz CT molecular complexity index is 966. The summed E-state index contributed by atoms with van der Waals surface area (Å²) in [6.45, 7) is 4.13. The zero-order valence-corrected chi connectivity index (χ0v) is 16.7. The SMILES string of the molecule is COc1ccc(C(=O)CSc2nccn2-c2cc(C)ccc2C)cc1OC. The number of hydrogen-bond acceptors (Lipinski definition) is 5. The van der Waals surface area contributed by atoms with E-state index in [-0.39, 0.29) is 11.5 Å². The normalized spacial score (nSPS) is 10.7. The van der Waals surface area contributed by atoms with Gasteiger partial charge in [-0.3, -0.25) is 9.36 Å². The quantitative estimate of drug-likeness (QED) is 0.445. The van der Waals surface area contributed by atoms with Gasteiger partial charge in [0, 0.05) is 18.0 Å². The van der Waals surface area contributed by atoms with Gasteiger partial charge in [-0.2, -0.15) is 0 Å². The first-order chi connectivity index (χ1) is 13.0. The molecule has 5 nitrogen and oxygen atoms in total. The molecule has 0 fully saturated rings. The topological polar surface area (TPSA) is 53.3 Å². The maximum atomic E-state index is 12.6. The number of aromatic nitrogens is 2. The van der Waals surface area contributed by atoms with Crippen molar-refractivity contribution < 1.29 is 14.3 Å². The van der Waals surface area contributed by atoms with E-state index in [0.717, 1.165) is 16.4 Å². The van der Waals surface area contributed by atoms with E-state index >= 15 is 0 Å². The number of ether oxygens (including phenoxy) is 2. The second-order valence-corrected chi connectivity index (χ2v) is 7.09. The molecule has 3 aromatic rings. The maximum absolute atomic E-state index is 12.6. The van der Waals surface area contributed by atoms with Crippen LogP contribution in [-0.4, -0.2) is 35.3 Å². The predicted molar refractivity (Wildman–Crippen MR) is 108 cm³/mol. The molecule has 0 N–H and O–H groups in total. The molecule has 0 bridgehead atoms. The van der Waals surface area contributed by atoms with E-state index in [0.29, 0.717) is 17.1 Å². The summed E-state index contributed by atoms with van der Waals surface area (Å²) < 4.78 is 12.5. The Balaban J connectivity index is 1.77. The van der Waals surface area contributed by atoms with Gasteiger partial charge in [0.1, 0.15) is 0 Å². The van der Waals surface area contributed by atoms with Crippen molar-refractivity contribution in [1.82, 2.24) is 9.55 Å². The van der Waals surface area contributed by atoms with Crippen molar-refractivity contribution in [1.29, 1.82) is 0 Å². The Morgan fingerprint density at radius 1 is 1.07 bits per heavy atom. The van der Waals surface area contributed by atoms with Crippen LogP contribution in [-0.2, 0) is 0 Å². The molecule has 3 rings (SSSR count). The summed E-state index contributed by atoms with van der Waals surface area (Å²) >= 11 is 1.42. The van der Waals surface area contributed by atoms with E-state index in [1.807, 2.05) is 10.8 Å². The molecule has 2 aromatic carbocycles. The van der Waals surface area contributed by atoms with Crippen LogP contribution in [0, 0.1) is 13.8 Å². The van der Waals surface area contributed by atoms with E-state index in [2.05, 4.69) is 37.0 Å². The standard InChI is InChI=1S/C21H22N2O3S/c1-14-5-6-15(2)17(11-14)23-10-9-22-21(23)27-13-18(24)16-7-8-19(25-3)20(12-16)26-4/h5-12H,13H2,1-4H3. The lowest BCUT2D eigenvalue weighted by molar-refractivity contribution is 0.102. The average molecular weight is 382 g/mol. The lowest BCUT2D eigenvalue weighted by atomic mass is 10.1. The fourth-order valence-electron chi connectivity index (χ4n) is 2.78. The molecule has 6 heteroatoms. The molecule has 0 saturated heterocycles. The van der Waals surface area contributed by atoms with Gasteiger partial charge in [0.15, 0.2) is 22.4 Å². The summed E-state index contributed by atoms with van der Waals surface area (Å²) in [4.78, 5) is 17.0. The Labute approximate surface area is 163 Å². The monoisotopic (exact) mass is 382 g/mol. The molecule has 0 radical (unpaired) electrons. The number of nitrogens with zero attached hydrogens (tertiary/aromatic N) is 2. The number of imidazole rings is 1. The summed E-state index contributed by atoms with van der Waals surface area (Å²) in [5.41, 5.74) is 4.01. The third kappa shape index (κ3) is 4.17. The number of methoxy groups -OCH3 is 2. The molecular weight excluding hydrogens is 360 g/mol. The lowest BCUT2D eigenvalue weighted by Gasteiger charge is -2.12. The molecule has 1 heterocycles. The third-order valence-corrected chi connectivity index (χ3v) is 5.24. The van der Waals surface area contributed by atoms with Crippen molar-refractivity contribution in [3.05, 3.63) is 65.5 Å². The zero-order valence-electron chi connectivity index (χ0n) is 15.9. The second-order valence-electron chi connectivity index (χ2n) is 6.15. The Kier molecular flexibility index (Phi) is 5.86. The van der Waals surface area contributed by atoms with Crippen molar-refractivity contribution in [2.45, 2.75) is 19.0 Å². The number of hydrogen-bond donors (Lipinski definition) is 0. The highest BCUT2D eigenvalue weighted by Crippen LogP contribution is 2.29. The van der Waals surface area contributed by atoms with Crippen LogP contribution in [0.25, 0.3) is 5.69 Å². The van der Waals surface area contributed by atoms with Crippen molar-refractivity contribution in [2.75, 3.05) is 20.0 Å². The first-order valence-corrected chi connectivity index (χ1v) is 9.51. The van der Waals surface area contributed by atoms with Gasteiger partial charge < -0.3 is 9.47 Å². The van der Waals surface area contributed by atoms with Gasteiger partial charge >= 0.3 is 0 Å². The van der Waals surface area contributed by atoms with Crippen LogP contribution in [0.2, 0.25) is 0 Å². The smallest absolute Gasteiger partial charge is 0.173 e. The molecule has 0 atom stereocenters. The number of Topliss-reactive ketones (excluding diaryl/α,β-unsaturated/α-hetero) is 1. The van der Waals surface area contributed by atoms with E-state index in [4.69, 9.17) is 9.47 Å². The minimum absolute atomic E-state index is 0.0106. The van der Waals surface area contributed by atoms with Crippen molar-refractivity contribution >= 4 is 17.5 Å². The van der Waals surface area contributed by atoms with Crippen LogP contribution in [0.1, 0.15) is 21.5 Å². The number of rotatable bonds is 7. The third-order valence-electron chi connectivity index (χ3n) is 4.27. The minimum atomic E-state index is 0.0106. The van der Waals surface area contributed by atoms with Gasteiger partial charge in [-0.25, -0.2) is 4.98 Å². The van der Waals surface area contributed by atoms with Crippen molar-refractivity contribution in [3.63, 3.8) is 0 Å². The van der Waals surface area contributed by atoms with Crippen LogP contribution in [0.15, 0.2) is 53.9 Å². The van der Waals surface area contributed by atoms with Crippen LogP contribution in [0.4, 0.5) is 0 Å². The number of thioether (sulfide) groups is 1. The van der Waals surface area contributed by atoms with Gasteiger partial charge in [0.2, 0.25) is 0 Å². The molecule has 0 spiro atoms. The van der Waals surface area contributed by atoms with Crippen LogP contribution < -0.4 is 9.47 Å². The minimum Gasteiger partial charge on any atom is -0.493 e. The van der Waals surface area contributed by atoms with Gasteiger partial charge in [-0.1, -0.05) is 23.9 Å². The first kappa shape index (κ1) is 19.0. The molecule has 27 heavy (non-hydrogen) atoms. The maximum Gasteiger partial charge on any atom is 0.173 e. The largest absolute Gasteiger partial charge is 0.493 e. The van der Waals surface area contributed by atoms with Gasteiger partial charge in [0.25, 0.3) is 0 Å². The summed E-state index contributed by atoms with van der Waals surface area (Å²) in [5, 5.41) is 0.789. The average Bonchev–Trinajstić information content (AvgIpc) is 3.15. The molecule has 0 saturated carbocycles. The predicted octanol–water partition coefficient (Wildman–Crippen LogP) is 4.48. The number of ketones is 1. The van der Waals surface area contributed by atoms with E-state index < -0.39 is 0 Å². The van der Waals surface area contributed by atoms with Gasteiger partial charge in [-0.05, 0) is 49.2 Å². The number of carbonyl (C=O) groups is 1. The van der Waals surface area contributed by atoms with Crippen LogP contribution >= 0.6 is 11.8 Å². The van der Waals surface area contributed by atoms with E-state index in [9.17, 15) is 4.79 Å². The molecule has 0 aliphatic rings. The highest BCUT2D eigenvalue weighted by atomic mass is 32.2. The zero-order chi connectivity index (χ0) is 19.4. The van der Waals surface area contributed by atoms with E-state index in [1.165, 1.54) is 17.3 Å². The van der Waals surface area contributed by atoms with Crippen molar-refractivity contribution in [2.24, 2.45) is 0 Å². The highest BCUT2D eigenvalue weighted by molar-refractivity contribution is 7.99. The molecule has 0 unspecified atom stereocenters.